The molecular formula is C59H92O4. The first-order valence-electron chi connectivity index (χ1n) is 26.8. The fraction of sp³-hybridized carbons (Fsp3) is 0.559. The van der Waals surface area contributed by atoms with Crippen molar-refractivity contribution in [2.24, 2.45) is 0 Å². The summed E-state index contributed by atoms with van der Waals surface area (Å²) in [6.07, 6.45) is 42.9. The molecule has 0 amide bonds. The van der Waals surface area contributed by atoms with E-state index in [1.165, 1.54) is 63.5 Å². The van der Waals surface area contributed by atoms with Crippen molar-refractivity contribution in [3.63, 3.8) is 0 Å². The average Bonchev–Trinajstić information content (AvgIpc) is 3.23. The Bertz CT molecular complexity index is 2060. The van der Waals surface area contributed by atoms with Crippen LogP contribution in [0, 0.1) is 6.92 Å². The smallest absolute Gasteiger partial charge is 0.207 e. The summed E-state index contributed by atoms with van der Waals surface area (Å²) in [6.45, 7) is 25.8. The van der Waals surface area contributed by atoms with Gasteiger partial charge in [0, 0.05) is 11.1 Å². The topological polar surface area (TPSA) is 58.9 Å². The van der Waals surface area contributed by atoms with Gasteiger partial charge in [-0.25, -0.2) is 0 Å². The van der Waals surface area contributed by atoms with Gasteiger partial charge in [0.15, 0.2) is 11.5 Å². The van der Waals surface area contributed by atoms with Crippen LogP contribution in [0.25, 0.3) is 0 Å². The summed E-state index contributed by atoms with van der Waals surface area (Å²) in [7, 11) is -6.02. The van der Waals surface area contributed by atoms with Gasteiger partial charge in [-0.1, -0.05) is 116 Å². The number of rotatable bonds is 31. The lowest BCUT2D eigenvalue weighted by Crippen LogP contribution is -1.98. The van der Waals surface area contributed by atoms with Gasteiger partial charge in [0.25, 0.3) is 0 Å². The minimum absolute atomic E-state index is 0.174. The van der Waals surface area contributed by atoms with Gasteiger partial charge in [0.05, 0.1) is 22.3 Å². The maximum Gasteiger partial charge on any atom is 0.207 e. The number of hydrogen-bond acceptors (Lipinski definition) is 4. The molecule has 0 aliphatic carbocycles. The van der Waals surface area contributed by atoms with Crippen LogP contribution in [0.4, 0.5) is 0 Å². The maximum atomic E-state index is 10.9. The van der Waals surface area contributed by atoms with Crippen molar-refractivity contribution in [2.45, 2.75) is 205 Å². The van der Waals surface area contributed by atoms with E-state index in [2.05, 4.69) is 124 Å². The van der Waals surface area contributed by atoms with Gasteiger partial charge in [0.1, 0.15) is 0 Å². The lowest BCUT2D eigenvalue weighted by molar-refractivity contribution is 0.314. The molecule has 63 heavy (non-hydrogen) atoms. The zero-order valence-corrected chi connectivity index (χ0v) is 41.9. The number of hydrogen-bond donors (Lipinski definition) is 2. The Morgan fingerprint density at radius 1 is 0.381 bits per heavy atom. The lowest BCUT2D eigenvalue weighted by Gasteiger charge is -2.17. The third kappa shape index (κ3) is 26.3. The number of phenols is 2. The minimum atomic E-state index is -3.01. The van der Waals surface area contributed by atoms with Crippen LogP contribution in [0.15, 0.2) is 116 Å². The van der Waals surface area contributed by atoms with Crippen molar-refractivity contribution in [3.8, 4) is 23.0 Å². The van der Waals surface area contributed by atoms with Crippen molar-refractivity contribution < 1.29 is 27.9 Å². The van der Waals surface area contributed by atoms with Gasteiger partial charge in [-0.05, 0) is 205 Å². The average molecular weight is 871 g/mol. The molecule has 1 aromatic carbocycles. The Morgan fingerprint density at radius 3 is 0.873 bits per heavy atom. The zero-order valence-electron chi connectivity index (χ0n) is 47.9. The molecular weight excluding hydrogens is 773 g/mol. The molecule has 0 heterocycles. The Kier molecular flexibility index (Phi) is 24.8. The van der Waals surface area contributed by atoms with E-state index in [1.54, 1.807) is 0 Å². The molecule has 0 aliphatic rings. The van der Waals surface area contributed by atoms with Gasteiger partial charge in [-0.2, -0.15) is 0 Å². The minimum Gasteiger partial charge on any atom is -0.504 e. The Labute approximate surface area is 396 Å². The summed E-state index contributed by atoms with van der Waals surface area (Å²) >= 11 is 0. The Balaban J connectivity index is 2.43. The van der Waals surface area contributed by atoms with E-state index >= 15 is 0 Å². The molecule has 0 aliphatic heterocycles. The number of benzene rings is 1. The van der Waals surface area contributed by atoms with Crippen LogP contribution in [0.1, 0.15) is 211 Å². The SMILES string of the molecule is [2H]C([2H])([2H])Oc1c(O)c(C)c(C/C=C(\C)CC/C=C(/C)CC/C=C(/C)CC/C=C(/C)CC/C=C(/C)CC/C=C(/C)CC/C=C(/C)CC/C=C(/C)CC/C=C(\C)CCC=C(C)C)c(O)c1OC([2H])([2H])[2H]. The fourth-order valence-corrected chi connectivity index (χ4v) is 7.44. The first-order valence-corrected chi connectivity index (χ1v) is 23.8. The fourth-order valence-electron chi connectivity index (χ4n) is 7.44. The summed E-state index contributed by atoms with van der Waals surface area (Å²) in [5, 5.41) is 21.7. The summed E-state index contributed by atoms with van der Waals surface area (Å²) in [5.74, 6) is -2.64. The molecule has 1 aromatic rings. The van der Waals surface area contributed by atoms with Crippen molar-refractivity contribution in [2.75, 3.05) is 14.1 Å². The van der Waals surface area contributed by atoms with Crippen molar-refractivity contribution >= 4 is 0 Å². The van der Waals surface area contributed by atoms with Gasteiger partial charge in [-0.15, -0.1) is 0 Å². The monoisotopic (exact) mass is 871 g/mol. The van der Waals surface area contributed by atoms with E-state index in [9.17, 15) is 10.2 Å². The second kappa shape index (κ2) is 33.3. The molecule has 2 N–H and O–H groups in total. The van der Waals surface area contributed by atoms with E-state index < -0.39 is 37.1 Å². The molecule has 4 heteroatoms. The van der Waals surface area contributed by atoms with Crippen LogP contribution in [0.2, 0.25) is 0 Å². The second-order valence-corrected chi connectivity index (χ2v) is 18.5. The van der Waals surface area contributed by atoms with E-state index in [1.807, 2.05) is 13.0 Å². The summed E-state index contributed by atoms with van der Waals surface area (Å²) in [4.78, 5) is 0. The molecule has 0 spiro atoms. The Morgan fingerprint density at radius 2 is 0.619 bits per heavy atom. The molecule has 0 fully saturated rings. The van der Waals surface area contributed by atoms with Crippen LogP contribution in [0.3, 0.4) is 0 Å². The van der Waals surface area contributed by atoms with Crippen LogP contribution >= 0.6 is 0 Å². The summed E-state index contributed by atoms with van der Waals surface area (Å²) in [6, 6.07) is 0. The standard InChI is InChI=1S/C59H92O4/c1-44(2)24-15-25-45(3)26-16-27-46(4)28-17-29-47(5)30-18-31-48(6)32-19-33-49(7)34-20-35-50(8)36-21-37-51(9)38-22-39-52(10)40-23-41-53(11)42-43-55-54(12)56(60)58(62-13)59(63-14)57(55)61/h24,26,28,30,32,34,36,38,40,42,60-61H,15-23,25,27,29,31,33,35,37,39,41,43H2,1-14H3/b45-26+,46-28-,47-30-,48-32-,49-34-,50-36-,51-38-,52-40-,53-42+/i13D3,14D3. The number of allylic oxidation sites excluding steroid dienone is 20. The van der Waals surface area contributed by atoms with Crippen molar-refractivity contribution in [3.05, 3.63) is 128 Å². The van der Waals surface area contributed by atoms with Gasteiger partial charge in [-0.3, -0.25) is 0 Å². The third-order valence-corrected chi connectivity index (χ3v) is 11.9. The third-order valence-electron chi connectivity index (χ3n) is 11.9. The molecule has 0 atom stereocenters. The number of aromatic hydroxyl groups is 2. The van der Waals surface area contributed by atoms with E-state index in [0.717, 1.165) is 115 Å². The molecule has 0 saturated heterocycles. The molecule has 4 nitrogen and oxygen atoms in total. The quantitative estimate of drug-likeness (QED) is 0.0576. The van der Waals surface area contributed by atoms with Crippen LogP contribution < -0.4 is 9.47 Å². The lowest BCUT2D eigenvalue weighted by atomic mass is 9.99. The molecule has 0 unspecified atom stereocenters. The summed E-state index contributed by atoms with van der Waals surface area (Å²) in [5.41, 5.74) is 14.6. The van der Waals surface area contributed by atoms with Crippen LogP contribution in [0.5, 0.6) is 23.0 Å². The zero-order chi connectivity index (χ0) is 52.2. The van der Waals surface area contributed by atoms with E-state index in [-0.39, 0.29) is 17.5 Å². The molecule has 0 aromatic heterocycles. The van der Waals surface area contributed by atoms with E-state index in [4.69, 9.17) is 17.7 Å². The predicted molar refractivity (Wildman–Crippen MR) is 278 cm³/mol. The highest BCUT2D eigenvalue weighted by Gasteiger charge is 2.22. The molecule has 352 valence electrons. The number of methoxy groups -OCH3 is 2. The predicted octanol–water partition coefficient (Wildman–Crippen LogP) is 18.5. The molecule has 0 saturated carbocycles. The highest BCUT2D eigenvalue weighted by atomic mass is 16.5. The number of phenolic OH excluding ortho intramolecular Hbond substituents is 2. The largest absolute Gasteiger partial charge is 0.504 e. The van der Waals surface area contributed by atoms with Crippen LogP contribution in [-0.2, 0) is 6.42 Å². The van der Waals surface area contributed by atoms with Gasteiger partial charge >= 0.3 is 0 Å². The highest BCUT2D eigenvalue weighted by Crippen LogP contribution is 2.48. The maximum absolute atomic E-state index is 10.9. The Hall–Kier alpha value is -4.18. The van der Waals surface area contributed by atoms with Crippen molar-refractivity contribution in [1.82, 2.24) is 0 Å². The summed E-state index contributed by atoms with van der Waals surface area (Å²) < 4.78 is 54.3. The first kappa shape index (κ1) is 46.8. The van der Waals surface area contributed by atoms with Crippen molar-refractivity contribution in [1.29, 1.82) is 0 Å². The second-order valence-electron chi connectivity index (χ2n) is 18.5. The van der Waals surface area contributed by atoms with Gasteiger partial charge in [0.2, 0.25) is 11.5 Å². The normalized spacial score (nSPS) is 16.0. The first-order chi connectivity index (χ1) is 32.3. The number of ether oxygens (including phenoxy) is 2. The van der Waals surface area contributed by atoms with E-state index in [0.29, 0.717) is 0 Å². The van der Waals surface area contributed by atoms with Gasteiger partial charge < -0.3 is 19.7 Å². The molecule has 1 rings (SSSR count). The van der Waals surface area contributed by atoms with Crippen LogP contribution in [-0.4, -0.2) is 24.3 Å². The molecule has 0 bridgehead atoms. The highest BCUT2D eigenvalue weighted by molar-refractivity contribution is 5.66. The molecule has 0 radical (unpaired) electrons.